The van der Waals surface area contributed by atoms with Gasteiger partial charge in [-0.05, 0) is 35.9 Å². The third-order valence-electron chi connectivity index (χ3n) is 2.49. The summed E-state index contributed by atoms with van der Waals surface area (Å²) in [5, 5.41) is -3.67. The summed E-state index contributed by atoms with van der Waals surface area (Å²) >= 11 is 4.99. The van der Waals surface area contributed by atoms with Gasteiger partial charge >= 0.3 is 5.38 Å². The zero-order valence-corrected chi connectivity index (χ0v) is 10.6. The molecule has 0 N–H and O–H groups in total. The minimum absolute atomic E-state index is 0.0134. The second-order valence-corrected chi connectivity index (χ2v) is 4.13. The van der Waals surface area contributed by atoms with Crippen molar-refractivity contribution in [1.82, 2.24) is 9.55 Å². The van der Waals surface area contributed by atoms with Crippen molar-refractivity contribution in [1.29, 1.82) is 0 Å². The summed E-state index contributed by atoms with van der Waals surface area (Å²) in [5.41, 5.74) is 0.330. The number of imidazole rings is 1. The molecule has 1 aromatic heterocycles. The molecule has 0 unspecified atom stereocenters. The third-order valence-corrected chi connectivity index (χ3v) is 2.66. The molecule has 0 aliphatic heterocycles. The molecule has 0 saturated heterocycles. The highest BCUT2D eigenvalue weighted by Gasteiger charge is 2.35. The Balaban J connectivity index is 2.58. The molecule has 0 saturated carbocycles. The number of carbonyl (C=O) groups is 1. The van der Waals surface area contributed by atoms with Crippen molar-refractivity contribution in [2.45, 2.75) is 5.38 Å². The van der Waals surface area contributed by atoms with Gasteiger partial charge in [0.15, 0.2) is 6.29 Å². The molecule has 0 spiro atoms. The van der Waals surface area contributed by atoms with Crippen molar-refractivity contribution in [3.63, 3.8) is 0 Å². The number of nitrogens with zero attached hydrogens (tertiary/aromatic N) is 2. The Kier molecular flexibility index (Phi) is 3.53. The molecule has 2 rings (SSSR count). The molecule has 2 aromatic rings. The number of alkyl halides is 3. The zero-order valence-electron chi connectivity index (χ0n) is 9.81. The first-order valence-corrected chi connectivity index (χ1v) is 5.59. The summed E-state index contributed by atoms with van der Waals surface area (Å²) < 4.78 is 32.4. The summed E-state index contributed by atoms with van der Waals surface area (Å²) in [5.74, 6) is -0.142. The fourth-order valence-corrected chi connectivity index (χ4v) is 1.78. The van der Waals surface area contributed by atoms with Crippen LogP contribution in [0.5, 0.6) is 5.75 Å². The molecule has 19 heavy (non-hydrogen) atoms. The largest absolute Gasteiger partial charge is 0.497 e. The number of aldehydes is 1. The summed E-state index contributed by atoms with van der Waals surface area (Å²) in [6.07, 6.45) is 1.48. The lowest BCUT2D eigenvalue weighted by molar-refractivity contribution is 0.0826. The van der Waals surface area contributed by atoms with Crippen LogP contribution in [0, 0.1) is 0 Å². The highest BCUT2D eigenvalue weighted by molar-refractivity contribution is 6.21. The van der Waals surface area contributed by atoms with Crippen molar-refractivity contribution < 1.29 is 18.3 Å². The van der Waals surface area contributed by atoms with Gasteiger partial charge in [-0.2, -0.15) is 8.78 Å². The Hall–Kier alpha value is -1.95. The molecule has 0 fully saturated rings. The minimum Gasteiger partial charge on any atom is -0.497 e. The smallest absolute Gasteiger partial charge is 0.380 e. The number of hydrogen-bond donors (Lipinski definition) is 0. The minimum atomic E-state index is -3.67. The molecule has 0 bridgehead atoms. The van der Waals surface area contributed by atoms with Crippen LogP contribution in [-0.2, 0) is 5.38 Å². The van der Waals surface area contributed by atoms with Gasteiger partial charge in [0.2, 0.25) is 5.82 Å². The molecule has 4 nitrogen and oxygen atoms in total. The van der Waals surface area contributed by atoms with Gasteiger partial charge in [0, 0.05) is 5.69 Å². The number of aromatic nitrogens is 2. The second-order valence-electron chi connectivity index (χ2n) is 3.66. The molecule has 1 heterocycles. The number of methoxy groups -OCH3 is 1. The normalized spacial score (nSPS) is 11.4. The van der Waals surface area contributed by atoms with Gasteiger partial charge in [0.05, 0.1) is 13.3 Å². The second kappa shape index (κ2) is 4.97. The predicted octanol–water partition coefficient (Wildman–Crippen LogP) is 2.98. The van der Waals surface area contributed by atoms with Crippen LogP contribution in [0.15, 0.2) is 30.5 Å². The Morgan fingerprint density at radius 1 is 1.37 bits per heavy atom. The molecule has 1 aromatic carbocycles. The van der Waals surface area contributed by atoms with Gasteiger partial charge in [0.25, 0.3) is 0 Å². The van der Waals surface area contributed by atoms with E-state index in [1.807, 2.05) is 0 Å². The lowest BCUT2D eigenvalue weighted by atomic mass is 10.3. The molecule has 100 valence electrons. The lowest BCUT2D eigenvalue weighted by Crippen LogP contribution is -2.14. The Morgan fingerprint density at radius 3 is 2.47 bits per heavy atom. The van der Waals surface area contributed by atoms with Crippen molar-refractivity contribution in [2.24, 2.45) is 0 Å². The number of rotatable bonds is 4. The van der Waals surface area contributed by atoms with Crippen LogP contribution in [-0.4, -0.2) is 22.9 Å². The van der Waals surface area contributed by atoms with Crippen LogP contribution in [0.2, 0.25) is 0 Å². The quantitative estimate of drug-likeness (QED) is 0.641. The van der Waals surface area contributed by atoms with E-state index >= 15 is 0 Å². The first kappa shape index (κ1) is 13.5. The van der Waals surface area contributed by atoms with Crippen molar-refractivity contribution in [3.05, 3.63) is 42.0 Å². The summed E-state index contributed by atoms with van der Waals surface area (Å²) in [7, 11) is 1.49. The average Bonchev–Trinajstić information content (AvgIpc) is 2.82. The van der Waals surface area contributed by atoms with Gasteiger partial charge in [-0.3, -0.25) is 9.36 Å². The summed E-state index contributed by atoms with van der Waals surface area (Å²) in [6.45, 7) is 0. The van der Waals surface area contributed by atoms with Gasteiger partial charge in [-0.1, -0.05) is 0 Å². The van der Waals surface area contributed by atoms with E-state index in [9.17, 15) is 13.6 Å². The first-order valence-electron chi connectivity index (χ1n) is 5.22. The Labute approximate surface area is 112 Å². The van der Waals surface area contributed by atoms with Crippen molar-refractivity contribution in [3.8, 4) is 11.4 Å². The van der Waals surface area contributed by atoms with Crippen molar-refractivity contribution >= 4 is 17.9 Å². The van der Waals surface area contributed by atoms with E-state index < -0.39 is 11.2 Å². The number of benzene rings is 1. The van der Waals surface area contributed by atoms with E-state index in [2.05, 4.69) is 4.98 Å². The maximum atomic E-state index is 13.2. The standard InChI is InChI=1S/C12H9ClF2N2O2/c1-19-10-4-2-8(3-5-10)17-9(7-18)6-16-11(17)12(13,14)15/h2-7H,1H3. The van der Waals surface area contributed by atoms with E-state index in [0.717, 1.165) is 10.8 Å². The van der Waals surface area contributed by atoms with Crippen LogP contribution in [0.3, 0.4) is 0 Å². The monoisotopic (exact) mass is 286 g/mol. The van der Waals surface area contributed by atoms with Crippen LogP contribution in [0.4, 0.5) is 8.78 Å². The van der Waals surface area contributed by atoms with Crippen molar-refractivity contribution in [2.75, 3.05) is 7.11 Å². The summed E-state index contributed by atoms with van der Waals surface area (Å²) in [4.78, 5) is 14.4. The highest BCUT2D eigenvalue weighted by Crippen LogP contribution is 2.33. The Bertz CT molecular complexity index is 591. The van der Waals surface area contributed by atoms with E-state index in [-0.39, 0.29) is 5.69 Å². The molecule has 0 radical (unpaired) electrons. The number of carbonyl (C=O) groups excluding carboxylic acids is 1. The van der Waals surface area contributed by atoms with Gasteiger partial charge in [-0.15, -0.1) is 0 Å². The highest BCUT2D eigenvalue weighted by atomic mass is 35.5. The van der Waals surface area contributed by atoms with Crippen LogP contribution in [0.25, 0.3) is 5.69 Å². The van der Waals surface area contributed by atoms with Crippen LogP contribution >= 0.6 is 11.6 Å². The Morgan fingerprint density at radius 2 is 2.00 bits per heavy atom. The first-order chi connectivity index (χ1) is 8.97. The molecule has 0 aliphatic rings. The van der Waals surface area contributed by atoms with Crippen LogP contribution in [0.1, 0.15) is 16.3 Å². The SMILES string of the molecule is COc1ccc(-n2c(C=O)cnc2C(F)(F)Cl)cc1. The van der Waals surface area contributed by atoms with Gasteiger partial charge in [-0.25, -0.2) is 4.98 Å². The van der Waals surface area contributed by atoms with E-state index in [1.165, 1.54) is 19.2 Å². The van der Waals surface area contributed by atoms with E-state index in [1.54, 1.807) is 12.1 Å². The zero-order chi connectivity index (χ0) is 14.0. The van der Waals surface area contributed by atoms with E-state index in [4.69, 9.17) is 16.3 Å². The van der Waals surface area contributed by atoms with Gasteiger partial charge in [0.1, 0.15) is 11.4 Å². The molecular formula is C12H9ClF2N2O2. The molecule has 0 aliphatic carbocycles. The molecule has 0 atom stereocenters. The van der Waals surface area contributed by atoms with E-state index in [0.29, 0.717) is 17.7 Å². The van der Waals surface area contributed by atoms with Crippen LogP contribution < -0.4 is 4.74 Å². The average molecular weight is 287 g/mol. The third kappa shape index (κ3) is 2.58. The lowest BCUT2D eigenvalue weighted by Gasteiger charge is -2.13. The molecule has 0 amide bonds. The number of halogens is 3. The number of ether oxygens (including phenoxy) is 1. The topological polar surface area (TPSA) is 44.1 Å². The predicted molar refractivity (Wildman–Crippen MR) is 65.3 cm³/mol. The maximum absolute atomic E-state index is 13.2. The fourth-order valence-electron chi connectivity index (χ4n) is 1.65. The molecular weight excluding hydrogens is 278 g/mol. The fraction of sp³-hybridized carbons (Fsp3) is 0.167. The number of hydrogen-bond acceptors (Lipinski definition) is 3. The molecule has 7 heteroatoms. The maximum Gasteiger partial charge on any atom is 0.380 e. The van der Waals surface area contributed by atoms with Gasteiger partial charge < -0.3 is 4.74 Å². The summed E-state index contributed by atoms with van der Waals surface area (Å²) in [6, 6.07) is 6.22.